The lowest BCUT2D eigenvalue weighted by Gasteiger charge is -2.11. The number of aryl methyl sites for hydroxylation is 2. The number of thiazole rings is 1. The van der Waals surface area contributed by atoms with Crippen molar-refractivity contribution in [2.45, 2.75) is 44.4 Å². The lowest BCUT2D eigenvalue weighted by molar-refractivity contribution is 0.0691. The highest BCUT2D eigenvalue weighted by Gasteiger charge is 2.30. The van der Waals surface area contributed by atoms with Gasteiger partial charge in [0.15, 0.2) is 22.5 Å². The van der Waals surface area contributed by atoms with Crippen LogP contribution in [0.3, 0.4) is 0 Å². The van der Waals surface area contributed by atoms with Gasteiger partial charge in [0.1, 0.15) is 5.82 Å². The first-order valence-electron chi connectivity index (χ1n) is 13.8. The molecule has 0 bridgehead atoms. The average molecular weight is 637 g/mol. The smallest absolute Gasteiger partial charge is 0.355 e. The second kappa shape index (κ2) is 12.5. The van der Waals surface area contributed by atoms with E-state index < -0.39 is 22.8 Å². The third-order valence-electron chi connectivity index (χ3n) is 7.56. The summed E-state index contributed by atoms with van der Waals surface area (Å²) in [5.41, 5.74) is 6.63. The van der Waals surface area contributed by atoms with E-state index in [1.54, 1.807) is 22.9 Å². The molecular formula is C32H30F2N4O4S2. The van der Waals surface area contributed by atoms with Crippen LogP contribution < -0.4 is 5.14 Å². The standard InChI is InChI=1S/C32H28F2N4O3S2.H2O/c1-17-9-18(2)11-22(10-17)23-15-21(6-7-25(23)33)30-24(12-20-5-8-29(43(35)41)26(34)13-20)28(14-19-3-4-19)38(37-30)32-36-27(16-42-32)31(39)40;/h5-11,13,15-16,19H,3-4,12,14H2,1-2H3,(H2,35,41)(H,39,40);1H2. The third kappa shape index (κ3) is 6.39. The molecule has 0 aliphatic heterocycles. The van der Waals surface area contributed by atoms with Gasteiger partial charge >= 0.3 is 5.97 Å². The fourth-order valence-electron chi connectivity index (χ4n) is 5.39. The molecule has 6 rings (SSSR count). The van der Waals surface area contributed by atoms with Crippen LogP contribution in [0.2, 0.25) is 0 Å². The van der Waals surface area contributed by atoms with Crippen molar-refractivity contribution in [3.05, 3.63) is 105 Å². The van der Waals surface area contributed by atoms with Gasteiger partial charge in [0.25, 0.3) is 0 Å². The van der Waals surface area contributed by atoms with Crippen LogP contribution in [0, 0.1) is 31.4 Å². The summed E-state index contributed by atoms with van der Waals surface area (Å²) in [5, 5.41) is 21.8. The van der Waals surface area contributed by atoms with E-state index in [0.29, 0.717) is 39.9 Å². The molecule has 0 saturated heterocycles. The molecule has 0 radical (unpaired) electrons. The molecule has 1 aliphatic rings. The van der Waals surface area contributed by atoms with E-state index in [1.165, 1.54) is 34.9 Å². The molecule has 1 fully saturated rings. The number of carboxylic acid groups (broad SMARTS) is 1. The SMILES string of the molecule is Cc1cc(C)cc(-c2cc(-c3nn(-c4nc(C(=O)O)cs4)c(CC4CC4)c3Cc3ccc([SH+](N)=O)c(F)c3)ccc2F)c1.[OH-]. The van der Waals surface area contributed by atoms with Crippen molar-refractivity contribution < 1.29 is 28.4 Å². The number of hydrogen-bond donors (Lipinski definition) is 2. The number of aromatic carboxylic acids is 1. The molecule has 44 heavy (non-hydrogen) atoms. The van der Waals surface area contributed by atoms with Gasteiger partial charge in [0.2, 0.25) is 10.0 Å². The van der Waals surface area contributed by atoms with E-state index in [4.69, 9.17) is 10.2 Å². The molecule has 0 amide bonds. The molecular weight excluding hydrogens is 607 g/mol. The van der Waals surface area contributed by atoms with Crippen molar-refractivity contribution in [3.8, 4) is 27.5 Å². The molecule has 2 heterocycles. The first-order chi connectivity index (χ1) is 20.6. The van der Waals surface area contributed by atoms with Crippen molar-refractivity contribution in [2.24, 2.45) is 11.1 Å². The predicted octanol–water partition coefficient (Wildman–Crippen LogP) is 6.55. The number of aromatic nitrogens is 3. The van der Waals surface area contributed by atoms with E-state index in [-0.39, 0.29) is 28.3 Å². The maximum Gasteiger partial charge on any atom is 0.355 e. The molecule has 228 valence electrons. The Morgan fingerprint density at radius 3 is 2.39 bits per heavy atom. The van der Waals surface area contributed by atoms with Gasteiger partial charge in [-0.1, -0.05) is 39.6 Å². The summed E-state index contributed by atoms with van der Waals surface area (Å²) in [5.74, 6) is -1.72. The van der Waals surface area contributed by atoms with E-state index in [9.17, 15) is 18.5 Å². The molecule has 8 nitrogen and oxygen atoms in total. The van der Waals surface area contributed by atoms with Crippen molar-refractivity contribution in [1.82, 2.24) is 14.8 Å². The number of carboxylic acids is 1. The normalized spacial score (nSPS) is 13.5. The summed E-state index contributed by atoms with van der Waals surface area (Å²) in [6.07, 6.45) is 3.06. The maximum atomic E-state index is 15.3. The van der Waals surface area contributed by atoms with Gasteiger partial charge in [-0.3, -0.25) is 0 Å². The monoisotopic (exact) mass is 636 g/mol. The number of thiol groups is 1. The average Bonchev–Trinajstić information content (AvgIpc) is 3.50. The molecule has 5 aromatic rings. The topological polar surface area (TPSA) is 141 Å². The molecule has 2 aromatic heterocycles. The molecule has 3 aromatic carbocycles. The van der Waals surface area contributed by atoms with E-state index in [0.717, 1.165) is 40.8 Å². The minimum Gasteiger partial charge on any atom is -0.870 e. The highest BCUT2D eigenvalue weighted by molar-refractivity contribution is 7.82. The summed E-state index contributed by atoms with van der Waals surface area (Å²) in [6, 6.07) is 15.2. The third-order valence-corrected chi connectivity index (χ3v) is 9.22. The molecule has 0 spiro atoms. The number of hydrogen-bond acceptors (Lipinski definition) is 6. The van der Waals surface area contributed by atoms with Gasteiger partial charge in [0, 0.05) is 28.5 Å². The number of benzene rings is 3. The number of nitrogens with zero attached hydrogens (tertiary/aromatic N) is 3. The van der Waals surface area contributed by atoms with Crippen LogP contribution in [0.1, 0.15) is 51.3 Å². The lowest BCUT2D eigenvalue weighted by atomic mass is 9.94. The van der Waals surface area contributed by atoms with Crippen molar-refractivity contribution >= 4 is 28.3 Å². The number of carbonyl (C=O) groups is 1. The van der Waals surface area contributed by atoms with Gasteiger partial charge in [-0.05, 0) is 80.5 Å². The minimum atomic E-state index is -2.34. The highest BCUT2D eigenvalue weighted by Crippen LogP contribution is 2.39. The summed E-state index contributed by atoms with van der Waals surface area (Å²) < 4.78 is 43.6. The first-order valence-corrected chi connectivity index (χ1v) is 16.0. The fourth-order valence-corrected chi connectivity index (χ4v) is 6.66. The molecule has 1 unspecified atom stereocenters. The van der Waals surface area contributed by atoms with Gasteiger partial charge in [-0.2, -0.15) is 5.10 Å². The molecule has 4 N–H and O–H groups in total. The summed E-state index contributed by atoms with van der Waals surface area (Å²) >= 11 is 1.17. The van der Waals surface area contributed by atoms with E-state index >= 15 is 4.39 Å². The van der Waals surface area contributed by atoms with Crippen molar-refractivity contribution in [3.63, 3.8) is 0 Å². The van der Waals surface area contributed by atoms with Gasteiger partial charge < -0.3 is 10.6 Å². The summed E-state index contributed by atoms with van der Waals surface area (Å²) in [4.78, 5) is 15.9. The minimum absolute atomic E-state index is 0. The Hall–Kier alpha value is -4.10. The highest BCUT2D eigenvalue weighted by atomic mass is 32.2. The number of nitrogens with two attached hydrogens (primary N) is 1. The zero-order valence-corrected chi connectivity index (χ0v) is 25.6. The Morgan fingerprint density at radius 2 is 1.77 bits per heavy atom. The molecule has 1 atom stereocenters. The van der Waals surface area contributed by atoms with Crippen LogP contribution in [0.15, 0.2) is 64.9 Å². The Bertz CT molecular complexity index is 1900. The Morgan fingerprint density at radius 1 is 1.05 bits per heavy atom. The van der Waals surface area contributed by atoms with Crippen LogP contribution in [-0.2, 0) is 28.0 Å². The summed E-state index contributed by atoms with van der Waals surface area (Å²) in [6.45, 7) is 3.93. The van der Waals surface area contributed by atoms with Crippen LogP contribution in [0.25, 0.3) is 27.5 Å². The molecule has 1 saturated carbocycles. The maximum absolute atomic E-state index is 15.3. The second-order valence-electron chi connectivity index (χ2n) is 11.0. The predicted molar refractivity (Wildman–Crippen MR) is 166 cm³/mol. The van der Waals surface area contributed by atoms with Crippen LogP contribution in [-0.4, -0.2) is 31.3 Å². The Kier molecular flexibility index (Phi) is 8.89. The van der Waals surface area contributed by atoms with Crippen molar-refractivity contribution in [1.29, 1.82) is 0 Å². The van der Waals surface area contributed by atoms with Crippen LogP contribution >= 0.6 is 11.3 Å². The second-order valence-corrected chi connectivity index (χ2v) is 13.0. The fraction of sp³-hybridized carbons (Fsp3) is 0.219. The van der Waals surface area contributed by atoms with Gasteiger partial charge in [0.05, 0.1) is 11.4 Å². The Labute approximate surface area is 259 Å². The molecule has 1 aliphatic carbocycles. The molecule has 12 heteroatoms. The summed E-state index contributed by atoms with van der Waals surface area (Å²) in [7, 11) is -2.34. The largest absolute Gasteiger partial charge is 0.870 e. The zero-order valence-electron chi connectivity index (χ0n) is 23.9. The van der Waals surface area contributed by atoms with Crippen LogP contribution in [0.4, 0.5) is 8.78 Å². The van der Waals surface area contributed by atoms with E-state index in [2.05, 4.69) is 4.98 Å². The first kappa shape index (κ1) is 31.3. The quantitative estimate of drug-likeness (QED) is 0.139. The van der Waals surface area contributed by atoms with Gasteiger partial charge in [-0.25, -0.2) is 23.2 Å². The Balaban J connectivity index is 0.00000384. The van der Waals surface area contributed by atoms with Crippen molar-refractivity contribution in [2.75, 3.05) is 0 Å². The van der Waals surface area contributed by atoms with Gasteiger partial charge in [-0.15, -0.1) is 16.5 Å². The number of halogens is 2. The zero-order chi connectivity index (χ0) is 30.4. The number of rotatable bonds is 9. The lowest BCUT2D eigenvalue weighted by Crippen LogP contribution is -2.07. The van der Waals surface area contributed by atoms with E-state index in [1.807, 2.05) is 32.0 Å². The van der Waals surface area contributed by atoms with Crippen LogP contribution in [0.5, 0.6) is 0 Å².